The Balaban J connectivity index is 0.00000180. The van der Waals surface area contributed by atoms with Gasteiger partial charge in [0.1, 0.15) is 0 Å². The van der Waals surface area contributed by atoms with Crippen molar-refractivity contribution in [2.24, 2.45) is 0 Å². The van der Waals surface area contributed by atoms with Crippen molar-refractivity contribution in [2.45, 2.75) is 57.2 Å². The van der Waals surface area contributed by atoms with Crippen molar-refractivity contribution in [3.63, 3.8) is 0 Å². The van der Waals surface area contributed by atoms with Crippen LogP contribution in [0, 0.1) is 0 Å². The van der Waals surface area contributed by atoms with Gasteiger partial charge in [0.15, 0.2) is 0 Å². The smallest absolute Gasteiger partial charge is 0.239 e. The van der Waals surface area contributed by atoms with Crippen LogP contribution in [0.15, 0.2) is 0 Å². The summed E-state index contributed by atoms with van der Waals surface area (Å²) in [5, 5.41) is 5.72. The van der Waals surface area contributed by atoms with Crippen LogP contribution in [-0.4, -0.2) is 47.9 Å². The van der Waals surface area contributed by atoms with Crippen molar-refractivity contribution in [2.75, 3.05) is 13.6 Å². The quantitative estimate of drug-likeness (QED) is 0.800. The molecule has 0 unspecified atom stereocenters. The molecule has 0 aromatic carbocycles. The molecular formula is C13H24ClN3O2. The summed E-state index contributed by atoms with van der Waals surface area (Å²) in [5.41, 5.74) is -0.628. The lowest BCUT2D eigenvalue weighted by Gasteiger charge is -2.37. The van der Waals surface area contributed by atoms with E-state index in [1.807, 2.05) is 18.7 Å². The topological polar surface area (TPSA) is 61.4 Å². The Labute approximate surface area is 120 Å². The molecule has 19 heavy (non-hydrogen) atoms. The van der Waals surface area contributed by atoms with E-state index < -0.39 is 5.54 Å². The number of likely N-dealkylation sites (N-methyl/N-ethyl adjacent to an activating group) is 1. The summed E-state index contributed by atoms with van der Waals surface area (Å²) < 4.78 is 0. The van der Waals surface area contributed by atoms with Crippen molar-refractivity contribution < 1.29 is 9.59 Å². The van der Waals surface area contributed by atoms with E-state index in [0.29, 0.717) is 6.04 Å². The summed E-state index contributed by atoms with van der Waals surface area (Å²) >= 11 is 0. The SMILES string of the molecule is CNC(=O)C(C)(C)N1CCC[C@H]1C(=O)NC1CC1.Cl. The zero-order valence-corrected chi connectivity index (χ0v) is 12.7. The highest BCUT2D eigenvalue weighted by Gasteiger charge is 2.44. The highest BCUT2D eigenvalue weighted by atomic mass is 35.5. The molecule has 2 fully saturated rings. The first-order valence-electron chi connectivity index (χ1n) is 6.76. The van der Waals surface area contributed by atoms with Crippen LogP contribution in [0.4, 0.5) is 0 Å². The Morgan fingerprint density at radius 2 is 1.84 bits per heavy atom. The van der Waals surface area contributed by atoms with Gasteiger partial charge in [0, 0.05) is 19.6 Å². The molecule has 1 aliphatic carbocycles. The molecule has 0 aromatic heterocycles. The normalized spacial score (nSPS) is 23.6. The fourth-order valence-electron chi connectivity index (χ4n) is 2.67. The summed E-state index contributed by atoms with van der Waals surface area (Å²) in [5.74, 6) is 0.0561. The van der Waals surface area contributed by atoms with E-state index in [4.69, 9.17) is 0 Å². The van der Waals surface area contributed by atoms with E-state index in [9.17, 15) is 9.59 Å². The zero-order chi connectivity index (χ0) is 13.3. The van der Waals surface area contributed by atoms with Gasteiger partial charge in [0.05, 0.1) is 11.6 Å². The predicted molar refractivity (Wildman–Crippen MR) is 76.3 cm³/mol. The minimum atomic E-state index is -0.628. The average Bonchev–Trinajstić information content (AvgIpc) is 2.99. The number of hydrogen-bond donors (Lipinski definition) is 2. The molecule has 1 aliphatic heterocycles. The van der Waals surface area contributed by atoms with Gasteiger partial charge in [0.25, 0.3) is 0 Å². The number of carbonyl (C=O) groups is 2. The van der Waals surface area contributed by atoms with Crippen molar-refractivity contribution in [1.29, 1.82) is 0 Å². The van der Waals surface area contributed by atoms with Crippen LogP contribution in [0.1, 0.15) is 39.5 Å². The molecule has 5 nitrogen and oxygen atoms in total. The molecule has 1 atom stereocenters. The molecular weight excluding hydrogens is 266 g/mol. The van der Waals surface area contributed by atoms with Crippen LogP contribution in [-0.2, 0) is 9.59 Å². The number of halogens is 1. The molecule has 2 rings (SSSR count). The molecule has 0 aromatic rings. The van der Waals surface area contributed by atoms with Crippen molar-refractivity contribution in [3.05, 3.63) is 0 Å². The lowest BCUT2D eigenvalue weighted by Crippen LogP contribution is -2.59. The third-order valence-electron chi connectivity index (χ3n) is 3.98. The average molecular weight is 290 g/mol. The van der Waals surface area contributed by atoms with Gasteiger partial charge in [-0.3, -0.25) is 14.5 Å². The first-order chi connectivity index (χ1) is 8.46. The Bertz CT molecular complexity index is 356. The number of amides is 2. The Kier molecular flexibility index (Phi) is 5.21. The van der Waals surface area contributed by atoms with Gasteiger partial charge >= 0.3 is 0 Å². The van der Waals surface area contributed by atoms with E-state index in [-0.39, 0.29) is 30.3 Å². The van der Waals surface area contributed by atoms with Crippen LogP contribution in [0.25, 0.3) is 0 Å². The van der Waals surface area contributed by atoms with Crippen LogP contribution in [0.3, 0.4) is 0 Å². The highest BCUT2D eigenvalue weighted by molar-refractivity contribution is 5.88. The van der Waals surface area contributed by atoms with E-state index in [1.54, 1.807) is 7.05 Å². The molecule has 2 N–H and O–H groups in total. The summed E-state index contributed by atoms with van der Waals surface area (Å²) in [6, 6.07) is 0.223. The van der Waals surface area contributed by atoms with Gasteiger partial charge in [-0.15, -0.1) is 12.4 Å². The molecule has 2 amide bonds. The summed E-state index contributed by atoms with van der Waals surface area (Å²) in [7, 11) is 1.64. The molecule has 0 bridgehead atoms. The third-order valence-corrected chi connectivity index (χ3v) is 3.98. The first-order valence-corrected chi connectivity index (χ1v) is 6.76. The molecule has 110 valence electrons. The molecule has 1 saturated carbocycles. The molecule has 2 aliphatic rings. The number of hydrogen-bond acceptors (Lipinski definition) is 3. The fraction of sp³-hybridized carbons (Fsp3) is 0.846. The van der Waals surface area contributed by atoms with Crippen molar-refractivity contribution >= 4 is 24.2 Å². The van der Waals surface area contributed by atoms with Gasteiger partial charge in [0.2, 0.25) is 11.8 Å². The number of nitrogens with zero attached hydrogens (tertiary/aromatic N) is 1. The molecule has 6 heteroatoms. The summed E-state index contributed by atoms with van der Waals surface area (Å²) in [4.78, 5) is 26.1. The lowest BCUT2D eigenvalue weighted by atomic mass is 10.00. The Morgan fingerprint density at radius 1 is 1.21 bits per heavy atom. The molecule has 1 saturated heterocycles. The van der Waals surface area contributed by atoms with Gasteiger partial charge in [-0.1, -0.05) is 0 Å². The summed E-state index contributed by atoms with van der Waals surface area (Å²) in [6.07, 6.45) is 4.01. The third kappa shape index (κ3) is 3.39. The molecule has 1 heterocycles. The number of nitrogens with one attached hydrogen (secondary N) is 2. The van der Waals surface area contributed by atoms with Crippen LogP contribution < -0.4 is 10.6 Å². The van der Waals surface area contributed by atoms with E-state index in [2.05, 4.69) is 10.6 Å². The fourth-order valence-corrected chi connectivity index (χ4v) is 2.67. The van der Waals surface area contributed by atoms with Gasteiger partial charge in [-0.2, -0.15) is 0 Å². The van der Waals surface area contributed by atoms with Crippen LogP contribution >= 0.6 is 12.4 Å². The maximum absolute atomic E-state index is 12.2. The monoisotopic (exact) mass is 289 g/mol. The number of carbonyl (C=O) groups excluding carboxylic acids is 2. The van der Waals surface area contributed by atoms with Gasteiger partial charge in [-0.25, -0.2) is 0 Å². The second-order valence-corrected chi connectivity index (χ2v) is 5.77. The lowest BCUT2D eigenvalue weighted by molar-refractivity contribution is -0.136. The standard InChI is InChI=1S/C13H23N3O2.ClH/c1-13(2,12(18)14-3)16-8-4-5-10(16)11(17)15-9-6-7-9;/h9-10H,4-8H2,1-3H3,(H,14,18)(H,15,17);1H/t10-;/m0./s1. The van der Waals surface area contributed by atoms with Crippen LogP contribution in [0.2, 0.25) is 0 Å². The predicted octanol–water partition coefficient (Wildman–Crippen LogP) is 0.676. The van der Waals surface area contributed by atoms with E-state index >= 15 is 0 Å². The zero-order valence-electron chi connectivity index (χ0n) is 11.9. The maximum atomic E-state index is 12.2. The highest BCUT2D eigenvalue weighted by Crippen LogP contribution is 2.28. The van der Waals surface area contributed by atoms with Gasteiger partial charge < -0.3 is 10.6 Å². The largest absolute Gasteiger partial charge is 0.358 e. The van der Waals surface area contributed by atoms with E-state index in [0.717, 1.165) is 32.2 Å². The second-order valence-electron chi connectivity index (χ2n) is 5.77. The molecule has 0 radical (unpaired) electrons. The second kappa shape index (κ2) is 6.09. The Hall–Kier alpha value is -0.810. The van der Waals surface area contributed by atoms with E-state index in [1.165, 1.54) is 0 Å². The summed E-state index contributed by atoms with van der Waals surface area (Å²) in [6.45, 7) is 4.58. The first kappa shape index (κ1) is 16.2. The van der Waals surface area contributed by atoms with Gasteiger partial charge in [-0.05, 0) is 39.5 Å². The molecule has 0 spiro atoms. The van der Waals surface area contributed by atoms with Crippen LogP contribution in [0.5, 0.6) is 0 Å². The number of likely N-dealkylation sites (tertiary alicyclic amines) is 1. The minimum absolute atomic E-state index is 0. The maximum Gasteiger partial charge on any atom is 0.239 e. The minimum Gasteiger partial charge on any atom is -0.358 e. The van der Waals surface area contributed by atoms with Crippen molar-refractivity contribution in [3.8, 4) is 0 Å². The number of rotatable bonds is 4. The Morgan fingerprint density at radius 3 is 2.37 bits per heavy atom. The van der Waals surface area contributed by atoms with Crippen molar-refractivity contribution in [1.82, 2.24) is 15.5 Å².